The van der Waals surface area contributed by atoms with Crippen LogP contribution >= 0.6 is 7.92 Å². The first-order valence-corrected chi connectivity index (χ1v) is 14.6. The summed E-state index contributed by atoms with van der Waals surface area (Å²) in [5.74, 6) is 0. The molecule has 0 saturated heterocycles. The Bertz CT molecular complexity index is 2250. The SMILES string of the molecule is CC1(C)c2ccccc2P(c2ccccc2)c2cc3c(cc21)c(=O)c1cccc2c(=O)c4ccccc4n3c21. The van der Waals surface area contributed by atoms with Crippen LogP contribution in [-0.4, -0.2) is 4.40 Å². The zero-order chi connectivity index (χ0) is 26.5. The van der Waals surface area contributed by atoms with Crippen molar-refractivity contribution in [1.82, 2.24) is 4.40 Å². The first-order chi connectivity index (χ1) is 19.0. The molecule has 39 heavy (non-hydrogen) atoms. The second-order valence-corrected chi connectivity index (χ2v) is 13.1. The zero-order valence-electron chi connectivity index (χ0n) is 21.6. The molecule has 0 N–H and O–H groups in total. The molecule has 1 aliphatic rings. The van der Waals surface area contributed by atoms with E-state index in [-0.39, 0.29) is 16.3 Å². The molecule has 1 unspecified atom stereocenters. The number of nitrogens with zero attached hydrogens (tertiary/aromatic N) is 1. The van der Waals surface area contributed by atoms with Crippen LogP contribution in [0.1, 0.15) is 25.0 Å². The maximum atomic E-state index is 14.1. The van der Waals surface area contributed by atoms with E-state index in [0.29, 0.717) is 27.1 Å². The number of para-hydroxylation sites is 2. The highest BCUT2D eigenvalue weighted by molar-refractivity contribution is 7.80. The summed E-state index contributed by atoms with van der Waals surface area (Å²) in [6, 6.07) is 37.2. The molecule has 3 nitrogen and oxygen atoms in total. The second kappa shape index (κ2) is 7.85. The van der Waals surface area contributed by atoms with Crippen molar-refractivity contribution in [2.45, 2.75) is 19.3 Å². The Labute approximate surface area is 226 Å². The van der Waals surface area contributed by atoms with E-state index in [2.05, 4.69) is 85.0 Å². The predicted octanol–water partition coefficient (Wildman–Crippen LogP) is 5.95. The van der Waals surface area contributed by atoms with Crippen molar-refractivity contribution in [3.05, 3.63) is 141 Å². The third-order valence-electron chi connectivity index (χ3n) is 8.48. The standard InChI is InChI=1S/C35H24NO2P/c1-35(2)26-16-7-9-18-30(26)39(21-11-4-3-5-12-21)31-20-29-25(19-27(31)35)34(38)24-15-10-14-23-32(24)36(29)28-17-8-6-13-22(28)33(23)37/h3-20H,1-2H3. The second-order valence-electron chi connectivity index (χ2n) is 10.9. The van der Waals surface area contributed by atoms with Gasteiger partial charge in [0.15, 0.2) is 10.9 Å². The number of hydrogen-bond acceptors (Lipinski definition) is 2. The van der Waals surface area contributed by atoms with Crippen LogP contribution in [0.2, 0.25) is 0 Å². The molecular weight excluding hydrogens is 497 g/mol. The number of rotatable bonds is 1. The summed E-state index contributed by atoms with van der Waals surface area (Å²) in [6.07, 6.45) is 0. The minimum Gasteiger partial charge on any atom is -0.307 e. The fourth-order valence-corrected chi connectivity index (χ4v) is 9.58. The van der Waals surface area contributed by atoms with E-state index in [4.69, 9.17) is 0 Å². The molecule has 5 aromatic carbocycles. The number of fused-ring (bicyclic) bond motifs is 6. The van der Waals surface area contributed by atoms with Gasteiger partial charge in [-0.05, 0) is 71.4 Å². The minimum atomic E-state index is -0.849. The molecular formula is C35H24NO2P. The van der Waals surface area contributed by atoms with E-state index in [9.17, 15) is 9.59 Å². The molecule has 0 bridgehead atoms. The van der Waals surface area contributed by atoms with Crippen molar-refractivity contribution < 1.29 is 0 Å². The Balaban J connectivity index is 1.63. The van der Waals surface area contributed by atoms with Gasteiger partial charge in [-0.3, -0.25) is 9.59 Å². The average molecular weight is 522 g/mol. The molecule has 2 aromatic heterocycles. The van der Waals surface area contributed by atoms with Gasteiger partial charge in [-0.1, -0.05) is 86.6 Å². The molecule has 1 aliphatic heterocycles. The van der Waals surface area contributed by atoms with Crippen molar-refractivity contribution >= 4 is 61.9 Å². The number of hydrogen-bond donors (Lipinski definition) is 0. The van der Waals surface area contributed by atoms with E-state index < -0.39 is 7.92 Å². The van der Waals surface area contributed by atoms with Crippen LogP contribution in [0.4, 0.5) is 0 Å². The molecule has 3 heterocycles. The van der Waals surface area contributed by atoms with E-state index >= 15 is 0 Å². The first kappa shape index (κ1) is 22.6. The first-order valence-electron chi connectivity index (χ1n) is 13.2. The molecule has 0 fully saturated rings. The van der Waals surface area contributed by atoms with Gasteiger partial charge in [0.2, 0.25) is 0 Å². The van der Waals surface area contributed by atoms with Crippen molar-refractivity contribution in [3.8, 4) is 0 Å². The summed E-state index contributed by atoms with van der Waals surface area (Å²) >= 11 is 0. The molecule has 0 saturated carbocycles. The molecule has 0 amide bonds. The fraction of sp³-hybridized carbons (Fsp3) is 0.0857. The lowest BCUT2D eigenvalue weighted by atomic mass is 9.77. The summed E-state index contributed by atoms with van der Waals surface area (Å²) in [5.41, 5.74) is 4.58. The highest BCUT2D eigenvalue weighted by Crippen LogP contribution is 2.47. The highest BCUT2D eigenvalue weighted by Gasteiger charge is 2.38. The van der Waals surface area contributed by atoms with Crippen LogP contribution in [0.3, 0.4) is 0 Å². The summed E-state index contributed by atoms with van der Waals surface area (Å²) in [4.78, 5) is 27.6. The van der Waals surface area contributed by atoms with Crippen molar-refractivity contribution in [3.63, 3.8) is 0 Å². The number of pyridine rings is 2. The van der Waals surface area contributed by atoms with E-state index in [1.165, 1.54) is 27.0 Å². The van der Waals surface area contributed by atoms with Crippen molar-refractivity contribution in [1.29, 1.82) is 0 Å². The topological polar surface area (TPSA) is 38.5 Å². The fourth-order valence-electron chi connectivity index (χ4n) is 6.63. The summed E-state index contributed by atoms with van der Waals surface area (Å²) in [7, 11) is -0.849. The average Bonchev–Trinajstić information content (AvgIpc) is 2.97. The van der Waals surface area contributed by atoms with Crippen molar-refractivity contribution in [2.24, 2.45) is 0 Å². The third kappa shape index (κ3) is 2.91. The molecule has 0 spiro atoms. The van der Waals surface area contributed by atoms with Crippen LogP contribution < -0.4 is 26.8 Å². The van der Waals surface area contributed by atoms with Gasteiger partial charge in [0.25, 0.3) is 0 Å². The maximum absolute atomic E-state index is 14.1. The Hall–Kier alpha value is -4.33. The quantitative estimate of drug-likeness (QED) is 0.152. The van der Waals surface area contributed by atoms with Gasteiger partial charge in [0, 0.05) is 27.0 Å². The lowest BCUT2D eigenvalue weighted by Crippen LogP contribution is -2.40. The summed E-state index contributed by atoms with van der Waals surface area (Å²) in [5, 5.41) is 6.43. The number of aromatic nitrogens is 1. The molecule has 4 heteroatoms. The predicted molar refractivity (Wildman–Crippen MR) is 164 cm³/mol. The normalized spacial score (nSPS) is 16.1. The van der Waals surface area contributed by atoms with Gasteiger partial charge in [-0.2, -0.15) is 0 Å². The lowest BCUT2D eigenvalue weighted by molar-refractivity contribution is 0.648. The van der Waals surface area contributed by atoms with Gasteiger partial charge in [0.1, 0.15) is 0 Å². The zero-order valence-corrected chi connectivity index (χ0v) is 22.5. The van der Waals surface area contributed by atoms with Gasteiger partial charge in [-0.15, -0.1) is 0 Å². The van der Waals surface area contributed by atoms with Crippen LogP contribution in [0, 0.1) is 0 Å². The van der Waals surface area contributed by atoms with Crippen LogP contribution in [0.5, 0.6) is 0 Å². The van der Waals surface area contributed by atoms with E-state index in [1.54, 1.807) is 0 Å². The highest BCUT2D eigenvalue weighted by atomic mass is 31.1. The minimum absolute atomic E-state index is 0.0215. The summed E-state index contributed by atoms with van der Waals surface area (Å²) in [6.45, 7) is 4.53. The Morgan fingerprint density at radius 3 is 2.00 bits per heavy atom. The molecule has 186 valence electrons. The molecule has 7 aromatic rings. The van der Waals surface area contributed by atoms with Crippen LogP contribution in [0.15, 0.2) is 119 Å². The van der Waals surface area contributed by atoms with Crippen LogP contribution in [-0.2, 0) is 5.41 Å². The molecule has 1 atom stereocenters. The monoisotopic (exact) mass is 521 g/mol. The maximum Gasteiger partial charge on any atom is 0.197 e. The third-order valence-corrected chi connectivity index (χ3v) is 11.0. The number of benzene rings is 5. The Morgan fingerprint density at radius 2 is 1.21 bits per heavy atom. The lowest BCUT2D eigenvalue weighted by Gasteiger charge is -2.40. The summed E-state index contributed by atoms with van der Waals surface area (Å²) < 4.78 is 2.16. The van der Waals surface area contributed by atoms with Gasteiger partial charge < -0.3 is 4.40 Å². The Morgan fingerprint density at radius 1 is 0.564 bits per heavy atom. The van der Waals surface area contributed by atoms with Gasteiger partial charge in [-0.25, -0.2) is 0 Å². The van der Waals surface area contributed by atoms with E-state index in [1.807, 2.05) is 42.5 Å². The van der Waals surface area contributed by atoms with Crippen LogP contribution in [0.25, 0.3) is 38.1 Å². The smallest absolute Gasteiger partial charge is 0.197 e. The Kier molecular flexibility index (Phi) is 4.55. The van der Waals surface area contributed by atoms with Crippen molar-refractivity contribution in [2.75, 3.05) is 0 Å². The van der Waals surface area contributed by atoms with Gasteiger partial charge >= 0.3 is 0 Å². The van der Waals surface area contributed by atoms with Gasteiger partial charge in [0.05, 0.1) is 16.6 Å². The largest absolute Gasteiger partial charge is 0.307 e. The molecule has 0 radical (unpaired) electrons. The van der Waals surface area contributed by atoms with E-state index in [0.717, 1.165) is 11.0 Å². The molecule has 8 rings (SSSR count). The molecule has 0 aliphatic carbocycles.